The highest BCUT2D eigenvalue weighted by Crippen LogP contribution is 2.33. The number of rotatable bonds is 8. The first-order chi connectivity index (χ1) is 12.5. The van der Waals surface area contributed by atoms with Gasteiger partial charge in [-0.15, -0.1) is 0 Å². The number of fused-ring (bicyclic) bond motifs is 2. The smallest absolute Gasteiger partial charge is 0.262 e. The number of likely N-dealkylation sites (N-methyl/N-ethyl adjacent to an activating group) is 1. The number of carbonyl (C=O) groups is 4. The van der Waals surface area contributed by atoms with Gasteiger partial charge in [-0.25, -0.2) is 0 Å². The lowest BCUT2D eigenvalue weighted by atomic mass is 10.0. The van der Waals surface area contributed by atoms with Crippen LogP contribution in [-0.4, -0.2) is 53.8 Å². The molecule has 136 valence electrons. The predicted octanol–water partition coefficient (Wildman–Crippen LogP) is 0.878. The molecule has 0 aromatic heterocycles. The summed E-state index contributed by atoms with van der Waals surface area (Å²) in [6.07, 6.45) is 2.18. The number of aldehydes is 2. The van der Waals surface area contributed by atoms with Crippen LogP contribution in [0.25, 0.3) is 0 Å². The zero-order chi connectivity index (χ0) is 18.8. The first-order valence-electron chi connectivity index (χ1n) is 8.51. The van der Waals surface area contributed by atoms with Crippen molar-refractivity contribution in [3.63, 3.8) is 0 Å². The Morgan fingerprint density at radius 3 is 2.19 bits per heavy atom. The SMILES string of the molecule is C=C(NC)C(CCC=O)N1C(=O)c2cc3c(cc2C1=O)CN(CC=O)C3. The van der Waals surface area contributed by atoms with E-state index in [1.54, 1.807) is 19.2 Å². The fourth-order valence-electron chi connectivity index (χ4n) is 3.60. The van der Waals surface area contributed by atoms with Crippen LogP contribution in [-0.2, 0) is 22.7 Å². The lowest BCUT2D eigenvalue weighted by molar-refractivity contribution is -0.109. The molecule has 7 heteroatoms. The maximum Gasteiger partial charge on any atom is 0.262 e. The summed E-state index contributed by atoms with van der Waals surface area (Å²) < 4.78 is 0. The zero-order valence-corrected chi connectivity index (χ0v) is 14.7. The highest BCUT2D eigenvalue weighted by molar-refractivity contribution is 6.22. The average molecular weight is 355 g/mol. The Labute approximate surface area is 151 Å². The molecule has 0 spiro atoms. The van der Waals surface area contributed by atoms with Gasteiger partial charge in [-0.2, -0.15) is 0 Å². The second kappa shape index (κ2) is 7.21. The summed E-state index contributed by atoms with van der Waals surface area (Å²) >= 11 is 0. The number of hydrogen-bond donors (Lipinski definition) is 1. The minimum absolute atomic E-state index is 0.232. The molecule has 7 nitrogen and oxygen atoms in total. The molecule has 2 heterocycles. The molecule has 1 aromatic carbocycles. The van der Waals surface area contributed by atoms with Crippen molar-refractivity contribution in [3.05, 3.63) is 46.7 Å². The zero-order valence-electron chi connectivity index (χ0n) is 14.7. The van der Waals surface area contributed by atoms with E-state index in [9.17, 15) is 19.2 Å². The van der Waals surface area contributed by atoms with E-state index >= 15 is 0 Å². The number of nitrogens with one attached hydrogen (secondary N) is 1. The van der Waals surface area contributed by atoms with E-state index in [0.717, 1.165) is 23.7 Å². The molecule has 1 atom stereocenters. The van der Waals surface area contributed by atoms with Crippen LogP contribution in [0.4, 0.5) is 0 Å². The summed E-state index contributed by atoms with van der Waals surface area (Å²) in [4.78, 5) is 50.5. The fourth-order valence-corrected chi connectivity index (χ4v) is 3.60. The normalized spacial score (nSPS) is 17.0. The Hall–Kier alpha value is -2.80. The topological polar surface area (TPSA) is 86.8 Å². The van der Waals surface area contributed by atoms with Crippen LogP contribution in [0.5, 0.6) is 0 Å². The van der Waals surface area contributed by atoms with Gasteiger partial charge in [0, 0.05) is 32.3 Å². The van der Waals surface area contributed by atoms with Crippen molar-refractivity contribution in [2.24, 2.45) is 0 Å². The lowest BCUT2D eigenvalue weighted by Crippen LogP contribution is -2.43. The minimum Gasteiger partial charge on any atom is -0.390 e. The van der Waals surface area contributed by atoms with Gasteiger partial charge in [0.15, 0.2) is 0 Å². The molecule has 0 bridgehead atoms. The van der Waals surface area contributed by atoms with E-state index in [-0.39, 0.29) is 18.2 Å². The molecule has 1 aromatic rings. The molecule has 0 saturated heterocycles. The van der Waals surface area contributed by atoms with Crippen molar-refractivity contribution in [3.8, 4) is 0 Å². The molecule has 2 amide bonds. The highest BCUT2D eigenvalue weighted by Gasteiger charge is 2.41. The van der Waals surface area contributed by atoms with Crippen LogP contribution in [0.3, 0.4) is 0 Å². The summed E-state index contributed by atoms with van der Waals surface area (Å²) in [5.74, 6) is -0.733. The molecule has 0 radical (unpaired) electrons. The van der Waals surface area contributed by atoms with Gasteiger partial charge >= 0.3 is 0 Å². The van der Waals surface area contributed by atoms with E-state index in [4.69, 9.17) is 0 Å². The van der Waals surface area contributed by atoms with Gasteiger partial charge in [-0.1, -0.05) is 6.58 Å². The number of amides is 2. The van der Waals surface area contributed by atoms with Gasteiger partial charge < -0.3 is 14.9 Å². The Morgan fingerprint density at radius 1 is 1.15 bits per heavy atom. The van der Waals surface area contributed by atoms with Gasteiger partial charge in [0.2, 0.25) is 0 Å². The molecule has 0 saturated carbocycles. The first kappa shape index (κ1) is 18.0. The maximum atomic E-state index is 12.9. The van der Waals surface area contributed by atoms with Crippen molar-refractivity contribution in [2.75, 3.05) is 13.6 Å². The molecular weight excluding hydrogens is 334 g/mol. The number of imide groups is 1. The highest BCUT2D eigenvalue weighted by atomic mass is 16.2. The van der Waals surface area contributed by atoms with E-state index in [2.05, 4.69) is 11.9 Å². The second-order valence-corrected chi connectivity index (χ2v) is 6.52. The molecule has 1 N–H and O–H groups in total. The van der Waals surface area contributed by atoms with Crippen LogP contribution in [0.1, 0.15) is 44.7 Å². The molecule has 26 heavy (non-hydrogen) atoms. The second-order valence-electron chi connectivity index (χ2n) is 6.52. The Kier molecular flexibility index (Phi) is 4.99. The van der Waals surface area contributed by atoms with Crippen LogP contribution >= 0.6 is 0 Å². The van der Waals surface area contributed by atoms with Crippen molar-refractivity contribution < 1.29 is 19.2 Å². The third kappa shape index (κ3) is 2.94. The molecular formula is C19H21N3O4. The molecule has 1 unspecified atom stereocenters. The van der Waals surface area contributed by atoms with Gasteiger partial charge in [-0.3, -0.25) is 19.4 Å². The number of carbonyl (C=O) groups excluding carboxylic acids is 4. The van der Waals surface area contributed by atoms with E-state index < -0.39 is 6.04 Å². The summed E-state index contributed by atoms with van der Waals surface area (Å²) in [6.45, 7) is 5.37. The lowest BCUT2D eigenvalue weighted by Gasteiger charge is -2.27. The van der Waals surface area contributed by atoms with Gasteiger partial charge in [0.05, 0.1) is 23.7 Å². The molecule has 2 aliphatic heterocycles. The number of nitrogens with zero attached hydrogens (tertiary/aromatic N) is 2. The summed E-state index contributed by atoms with van der Waals surface area (Å²) in [5, 5.41) is 2.89. The molecule has 0 fully saturated rings. The monoisotopic (exact) mass is 355 g/mol. The number of hydrogen-bond acceptors (Lipinski definition) is 6. The van der Waals surface area contributed by atoms with E-state index in [1.807, 2.05) is 4.90 Å². The van der Waals surface area contributed by atoms with Crippen molar-refractivity contribution in [2.45, 2.75) is 32.0 Å². The van der Waals surface area contributed by atoms with Crippen molar-refractivity contribution >= 4 is 24.4 Å². The van der Waals surface area contributed by atoms with Crippen LogP contribution in [0.15, 0.2) is 24.4 Å². The van der Waals surface area contributed by atoms with Gasteiger partial charge in [0.1, 0.15) is 12.6 Å². The van der Waals surface area contributed by atoms with E-state index in [0.29, 0.717) is 42.9 Å². The Bertz CT molecular complexity index is 757. The number of benzene rings is 1. The van der Waals surface area contributed by atoms with Crippen molar-refractivity contribution in [1.29, 1.82) is 0 Å². The summed E-state index contributed by atoms with van der Waals surface area (Å²) in [6, 6.07) is 2.95. The van der Waals surface area contributed by atoms with Crippen LogP contribution in [0, 0.1) is 0 Å². The average Bonchev–Trinajstić information content (AvgIpc) is 3.13. The van der Waals surface area contributed by atoms with Crippen molar-refractivity contribution in [1.82, 2.24) is 15.1 Å². The van der Waals surface area contributed by atoms with Gasteiger partial charge in [0.25, 0.3) is 11.8 Å². The van der Waals surface area contributed by atoms with E-state index in [1.165, 1.54) is 4.90 Å². The standard InChI is InChI=1S/C19H21N3O4/c1-12(20-2)17(4-3-6-23)22-18(25)15-8-13-10-21(5-7-24)11-14(13)9-16(15)19(22)26/h6-9,17,20H,1,3-5,10-11H2,2H3. The third-order valence-corrected chi connectivity index (χ3v) is 4.95. The molecule has 2 aliphatic rings. The fraction of sp³-hybridized carbons (Fsp3) is 0.368. The third-order valence-electron chi connectivity index (χ3n) is 4.95. The van der Waals surface area contributed by atoms with Crippen LogP contribution in [0.2, 0.25) is 0 Å². The quantitative estimate of drug-likeness (QED) is 0.550. The first-order valence-corrected chi connectivity index (χ1v) is 8.51. The minimum atomic E-state index is -0.570. The molecule has 3 rings (SSSR count). The maximum absolute atomic E-state index is 12.9. The Morgan fingerprint density at radius 2 is 1.73 bits per heavy atom. The summed E-state index contributed by atoms with van der Waals surface area (Å²) in [5.41, 5.74) is 3.20. The summed E-state index contributed by atoms with van der Waals surface area (Å²) in [7, 11) is 1.67. The van der Waals surface area contributed by atoms with Crippen LogP contribution < -0.4 is 5.32 Å². The predicted molar refractivity (Wildman–Crippen MR) is 94.4 cm³/mol. The van der Waals surface area contributed by atoms with Gasteiger partial charge in [-0.05, 0) is 29.7 Å². The largest absolute Gasteiger partial charge is 0.390 e. The molecule has 0 aliphatic carbocycles. The Balaban J connectivity index is 1.92.